The number of rotatable bonds is 4. The number of fused-ring (bicyclic) bond motifs is 27. The Balaban J connectivity index is 0.0000000919. The van der Waals surface area contributed by atoms with Crippen LogP contribution >= 0.6 is 63.7 Å². The molecule has 0 radical (unpaired) electrons. The average molecular weight is 1650 g/mol. The monoisotopic (exact) mass is 1640 g/mol. The molecular weight excluding hydrogens is 1590 g/mol. The molecule has 0 saturated carbocycles. The molecule has 512 valence electrons. The van der Waals surface area contributed by atoms with Crippen LogP contribution in [0.5, 0.6) is 0 Å². The molecule has 0 amide bonds. The molecule has 0 unspecified atom stereocenters. The van der Waals surface area contributed by atoms with Gasteiger partial charge in [0.15, 0.2) is 11.2 Å². The highest BCUT2D eigenvalue weighted by atomic mass is 79.9. The van der Waals surface area contributed by atoms with Crippen LogP contribution < -0.4 is 0 Å². The number of para-hydroxylation sites is 9. The molecule has 0 bridgehead atoms. The summed E-state index contributed by atoms with van der Waals surface area (Å²) in [5.41, 5.74) is 21.2. The molecule has 0 aliphatic heterocycles. The Kier molecular flexibility index (Phi) is 15.4. The van der Waals surface area contributed by atoms with E-state index < -0.39 is 0 Å². The molecule has 108 heavy (non-hydrogen) atoms. The van der Waals surface area contributed by atoms with Crippen molar-refractivity contribution in [2.75, 3.05) is 0 Å². The number of benzene rings is 16. The van der Waals surface area contributed by atoms with Crippen molar-refractivity contribution in [2.24, 2.45) is 0 Å². The van der Waals surface area contributed by atoms with Gasteiger partial charge in [0.1, 0.15) is 33.5 Å². The fourth-order valence-electron chi connectivity index (χ4n) is 16.5. The second kappa shape index (κ2) is 25.8. The zero-order valence-corrected chi connectivity index (χ0v) is 63.6. The van der Waals surface area contributed by atoms with Crippen molar-refractivity contribution >= 4 is 239 Å². The molecule has 12 heteroatoms. The Bertz CT molecular complexity index is 7660. The maximum absolute atomic E-state index is 6.36. The van der Waals surface area contributed by atoms with Crippen LogP contribution in [0.1, 0.15) is 0 Å². The van der Waals surface area contributed by atoms with Crippen molar-refractivity contribution in [3.63, 3.8) is 0 Å². The summed E-state index contributed by atoms with van der Waals surface area (Å²) in [6.07, 6.45) is 0. The lowest BCUT2D eigenvalue weighted by molar-refractivity contribution is 0.669. The average Bonchev–Trinajstić information content (AvgIpc) is 1.57. The van der Waals surface area contributed by atoms with Gasteiger partial charge in [-0.05, 0) is 162 Å². The van der Waals surface area contributed by atoms with E-state index in [1.807, 2.05) is 66.7 Å². The summed E-state index contributed by atoms with van der Waals surface area (Å²) in [4.78, 5) is 0. The van der Waals surface area contributed by atoms with Gasteiger partial charge in [-0.3, -0.25) is 0 Å². The van der Waals surface area contributed by atoms with Crippen LogP contribution in [-0.2, 0) is 0 Å². The van der Waals surface area contributed by atoms with E-state index in [9.17, 15) is 0 Å². The molecule has 0 aliphatic rings. The molecule has 0 aliphatic carbocycles. The molecule has 0 fully saturated rings. The first-order chi connectivity index (χ1) is 53.3. The third-order valence-electron chi connectivity index (χ3n) is 21.0. The Morgan fingerprint density at radius 1 is 0.176 bits per heavy atom. The molecule has 16 aromatic carbocycles. The van der Waals surface area contributed by atoms with Crippen LogP contribution in [0.4, 0.5) is 0 Å². The predicted molar refractivity (Wildman–Crippen MR) is 463 cm³/mol. The van der Waals surface area contributed by atoms with E-state index in [0.717, 1.165) is 145 Å². The SMILES string of the molecule is Brc1cccc2c1c1c3c(ccc1n2-c1ccccc1)oc1ccccc13.Brc1cccc2c1c1cc3c(cc1n2-c1ccccc1)oc1ccccc13.Brc1cccc2c1c1ccc3c4ccccc4oc3c1n2-c1ccccc1.Brc1cccc2c3ccc4c5ccccc5oc4c3n(-c3ccccc3)c12. The molecule has 0 atom stereocenters. The summed E-state index contributed by atoms with van der Waals surface area (Å²) < 4.78 is 38.6. The topological polar surface area (TPSA) is 72.3 Å². The van der Waals surface area contributed by atoms with Crippen molar-refractivity contribution in [1.29, 1.82) is 0 Å². The van der Waals surface area contributed by atoms with Crippen LogP contribution in [0, 0.1) is 0 Å². The highest BCUT2D eigenvalue weighted by Gasteiger charge is 2.25. The van der Waals surface area contributed by atoms with Crippen LogP contribution in [0.3, 0.4) is 0 Å². The third kappa shape index (κ3) is 10.1. The van der Waals surface area contributed by atoms with Gasteiger partial charge in [0, 0.05) is 133 Å². The lowest BCUT2D eigenvalue weighted by Crippen LogP contribution is -1.94. The van der Waals surface area contributed by atoms with Crippen LogP contribution in [0.2, 0.25) is 0 Å². The standard InChI is InChI=1S/4C24H14BrNO/c25-19-10-6-11-20-24(19)18-13-17-16-9-4-5-12-22(16)27-23(17)14-21(18)26(20)15-7-2-1-3-8-15;25-19-10-6-11-20-22(19)18-14-13-17-16-9-4-5-12-21(16)27-24(17)23(18)26(20)15-7-2-1-3-8-15;25-20-11-6-10-17-18-13-14-19-16-9-4-5-12-21(16)27-24(19)23(18)26(22(17)20)15-7-2-1-3-8-15;25-17-10-6-11-18-23(17)24-19(26(18)15-7-2-1-3-8-15)13-14-21-22(24)16-9-4-5-12-20(16)27-21/h4*1-14H. The van der Waals surface area contributed by atoms with E-state index in [0.29, 0.717) is 0 Å². The van der Waals surface area contributed by atoms with Crippen molar-refractivity contribution in [2.45, 2.75) is 0 Å². The normalized spacial score (nSPS) is 11.9. The number of aromatic nitrogens is 4. The van der Waals surface area contributed by atoms with Crippen LogP contribution in [0.25, 0.3) is 198 Å². The Morgan fingerprint density at radius 2 is 0.546 bits per heavy atom. The van der Waals surface area contributed by atoms with Gasteiger partial charge in [-0.2, -0.15) is 0 Å². The summed E-state index contributed by atoms with van der Waals surface area (Å²) in [7, 11) is 0. The maximum Gasteiger partial charge on any atom is 0.160 e. The Hall–Kier alpha value is -12.2. The van der Waals surface area contributed by atoms with Crippen molar-refractivity contribution in [1.82, 2.24) is 18.3 Å². The van der Waals surface area contributed by atoms with Crippen molar-refractivity contribution < 1.29 is 17.7 Å². The third-order valence-corrected chi connectivity index (χ3v) is 23.7. The first kappa shape index (κ1) is 64.2. The van der Waals surface area contributed by atoms with Gasteiger partial charge >= 0.3 is 0 Å². The zero-order valence-electron chi connectivity index (χ0n) is 57.3. The van der Waals surface area contributed by atoms with Crippen molar-refractivity contribution in [3.8, 4) is 22.7 Å². The first-order valence-corrected chi connectivity index (χ1v) is 38.8. The van der Waals surface area contributed by atoms with E-state index in [1.54, 1.807) is 0 Å². The van der Waals surface area contributed by atoms with Gasteiger partial charge < -0.3 is 35.9 Å². The quantitative estimate of drug-likeness (QED) is 0.176. The summed E-state index contributed by atoms with van der Waals surface area (Å²) in [5.74, 6) is 0. The molecule has 0 saturated heterocycles. The van der Waals surface area contributed by atoms with E-state index in [1.165, 1.54) is 70.5 Å². The lowest BCUT2D eigenvalue weighted by Gasteiger charge is -2.08. The van der Waals surface area contributed by atoms with E-state index in [2.05, 4.69) is 355 Å². The smallest absolute Gasteiger partial charge is 0.160 e. The minimum Gasteiger partial charge on any atom is -0.456 e. The second-order valence-electron chi connectivity index (χ2n) is 27.0. The number of hydrogen-bond acceptors (Lipinski definition) is 4. The lowest BCUT2D eigenvalue weighted by atomic mass is 10.1. The van der Waals surface area contributed by atoms with Gasteiger partial charge in [0.25, 0.3) is 0 Å². The summed E-state index contributed by atoms with van der Waals surface area (Å²) in [6.45, 7) is 0. The summed E-state index contributed by atoms with van der Waals surface area (Å²) in [6, 6.07) is 118. The number of halogens is 4. The Labute approximate surface area is 649 Å². The number of hydrogen-bond donors (Lipinski definition) is 0. The van der Waals surface area contributed by atoms with Gasteiger partial charge in [-0.15, -0.1) is 0 Å². The van der Waals surface area contributed by atoms with E-state index in [4.69, 9.17) is 17.7 Å². The van der Waals surface area contributed by atoms with Crippen LogP contribution in [0.15, 0.2) is 375 Å². The fourth-order valence-corrected chi connectivity index (χ4v) is 18.8. The van der Waals surface area contributed by atoms with Crippen LogP contribution in [-0.4, -0.2) is 18.3 Å². The molecule has 8 nitrogen and oxygen atoms in total. The van der Waals surface area contributed by atoms with Gasteiger partial charge in [0.05, 0.1) is 44.1 Å². The second-order valence-corrected chi connectivity index (χ2v) is 30.4. The van der Waals surface area contributed by atoms with Crippen molar-refractivity contribution in [3.05, 3.63) is 358 Å². The molecule has 8 heterocycles. The van der Waals surface area contributed by atoms with Gasteiger partial charge in [-0.1, -0.05) is 236 Å². The molecule has 24 aromatic rings. The fraction of sp³-hybridized carbons (Fsp3) is 0. The highest BCUT2D eigenvalue weighted by molar-refractivity contribution is 9.11. The minimum absolute atomic E-state index is 0.916. The highest BCUT2D eigenvalue weighted by Crippen LogP contribution is 2.48. The molecule has 24 rings (SSSR count). The first-order valence-electron chi connectivity index (χ1n) is 35.6. The molecule has 8 aromatic heterocycles. The maximum atomic E-state index is 6.36. The molecule has 0 N–H and O–H groups in total. The summed E-state index contributed by atoms with van der Waals surface area (Å²) >= 11 is 15.1. The zero-order chi connectivity index (χ0) is 71.8. The molecule has 0 spiro atoms. The summed E-state index contributed by atoms with van der Waals surface area (Å²) in [5, 5.41) is 18.9. The number of furan rings is 4. The van der Waals surface area contributed by atoms with E-state index >= 15 is 0 Å². The minimum atomic E-state index is 0.916. The van der Waals surface area contributed by atoms with E-state index in [-0.39, 0.29) is 0 Å². The number of nitrogens with zero attached hydrogens (tertiary/aromatic N) is 4. The largest absolute Gasteiger partial charge is 0.456 e. The predicted octanol–water partition coefficient (Wildman–Crippen LogP) is 29.8. The Morgan fingerprint density at radius 3 is 1.12 bits per heavy atom. The van der Waals surface area contributed by atoms with Gasteiger partial charge in [-0.25, -0.2) is 0 Å². The molecular formula is C96H56Br4N4O4. The van der Waals surface area contributed by atoms with Gasteiger partial charge in [0.2, 0.25) is 0 Å².